The van der Waals surface area contributed by atoms with Gasteiger partial charge in [0.15, 0.2) is 0 Å². The standard InChI is InChI=1S/C17H16ClN3O4S/c1-11-14(18)6-3-7-15(11)26(24,25)20-13-5-2-4-12(8-13)10-21-16(22)9-19-17(21)23/h2-8,20H,9-10H2,1H3,(H,19,23). The van der Waals surface area contributed by atoms with Crippen LogP contribution in [0.1, 0.15) is 11.1 Å². The lowest BCUT2D eigenvalue weighted by Crippen LogP contribution is -2.30. The summed E-state index contributed by atoms with van der Waals surface area (Å²) in [5.74, 6) is -0.324. The number of hydrogen-bond donors (Lipinski definition) is 2. The molecule has 0 atom stereocenters. The van der Waals surface area contributed by atoms with Crippen molar-refractivity contribution < 1.29 is 18.0 Å². The van der Waals surface area contributed by atoms with E-state index < -0.39 is 16.1 Å². The van der Waals surface area contributed by atoms with Crippen molar-refractivity contribution in [3.63, 3.8) is 0 Å². The number of anilines is 1. The molecule has 3 rings (SSSR count). The predicted octanol–water partition coefficient (Wildman–Crippen LogP) is 2.50. The highest BCUT2D eigenvalue weighted by molar-refractivity contribution is 7.92. The maximum atomic E-state index is 12.6. The van der Waals surface area contributed by atoms with Gasteiger partial charge in [-0.1, -0.05) is 29.8 Å². The van der Waals surface area contributed by atoms with E-state index in [0.717, 1.165) is 4.90 Å². The average Bonchev–Trinajstić information content (AvgIpc) is 2.89. The topological polar surface area (TPSA) is 95.6 Å². The van der Waals surface area contributed by atoms with E-state index in [-0.39, 0.29) is 23.9 Å². The van der Waals surface area contributed by atoms with E-state index in [4.69, 9.17) is 11.6 Å². The Morgan fingerprint density at radius 1 is 1.19 bits per heavy atom. The Labute approximate surface area is 156 Å². The number of rotatable bonds is 5. The van der Waals surface area contributed by atoms with Gasteiger partial charge < -0.3 is 5.32 Å². The van der Waals surface area contributed by atoms with Gasteiger partial charge in [-0.3, -0.25) is 14.4 Å². The Morgan fingerprint density at radius 2 is 1.92 bits per heavy atom. The third-order valence-electron chi connectivity index (χ3n) is 3.96. The second-order valence-corrected chi connectivity index (χ2v) is 7.87. The van der Waals surface area contributed by atoms with E-state index in [0.29, 0.717) is 21.8 Å². The summed E-state index contributed by atoms with van der Waals surface area (Å²) in [5, 5.41) is 2.80. The van der Waals surface area contributed by atoms with Gasteiger partial charge in [0.1, 0.15) is 0 Å². The highest BCUT2D eigenvalue weighted by atomic mass is 35.5. The monoisotopic (exact) mass is 393 g/mol. The summed E-state index contributed by atoms with van der Waals surface area (Å²) in [5.41, 5.74) is 1.41. The molecular weight excluding hydrogens is 378 g/mol. The summed E-state index contributed by atoms with van der Waals surface area (Å²) in [6, 6.07) is 10.7. The van der Waals surface area contributed by atoms with Crippen LogP contribution in [-0.4, -0.2) is 31.8 Å². The van der Waals surface area contributed by atoms with Crippen molar-refractivity contribution >= 4 is 39.2 Å². The van der Waals surface area contributed by atoms with Crippen LogP contribution in [0.3, 0.4) is 0 Å². The molecule has 0 aromatic heterocycles. The number of carbonyl (C=O) groups is 2. The minimum absolute atomic E-state index is 0.0286. The number of nitrogens with zero attached hydrogens (tertiary/aromatic N) is 1. The molecule has 1 aliphatic rings. The maximum absolute atomic E-state index is 12.6. The summed E-state index contributed by atoms with van der Waals surface area (Å²) in [6.45, 7) is 1.67. The van der Waals surface area contributed by atoms with Gasteiger partial charge in [-0.15, -0.1) is 0 Å². The summed E-state index contributed by atoms with van der Waals surface area (Å²) < 4.78 is 27.8. The van der Waals surface area contributed by atoms with Gasteiger partial charge in [-0.25, -0.2) is 13.2 Å². The fraction of sp³-hybridized carbons (Fsp3) is 0.176. The molecule has 1 heterocycles. The fourth-order valence-electron chi connectivity index (χ4n) is 2.62. The molecule has 9 heteroatoms. The molecule has 0 saturated carbocycles. The molecule has 0 bridgehead atoms. The van der Waals surface area contributed by atoms with Gasteiger partial charge in [0.25, 0.3) is 10.0 Å². The molecule has 1 saturated heterocycles. The second-order valence-electron chi connectivity index (χ2n) is 5.81. The van der Waals surface area contributed by atoms with Crippen LogP contribution in [0.15, 0.2) is 47.4 Å². The van der Waals surface area contributed by atoms with E-state index in [1.54, 1.807) is 43.3 Å². The molecular formula is C17H16ClN3O4S. The van der Waals surface area contributed by atoms with Gasteiger partial charge >= 0.3 is 6.03 Å². The number of hydrogen-bond acceptors (Lipinski definition) is 4. The number of nitrogens with one attached hydrogen (secondary N) is 2. The molecule has 7 nitrogen and oxygen atoms in total. The summed E-state index contributed by atoms with van der Waals surface area (Å²) in [4.78, 5) is 24.5. The number of halogens is 1. The third-order valence-corrected chi connectivity index (χ3v) is 5.90. The van der Waals surface area contributed by atoms with Crippen molar-refractivity contribution in [1.29, 1.82) is 0 Å². The summed E-state index contributed by atoms with van der Waals surface area (Å²) in [7, 11) is -3.83. The molecule has 136 valence electrons. The summed E-state index contributed by atoms with van der Waals surface area (Å²) >= 11 is 6.00. The van der Waals surface area contributed by atoms with Crippen LogP contribution in [-0.2, 0) is 21.4 Å². The number of sulfonamides is 1. The molecule has 0 spiro atoms. The van der Waals surface area contributed by atoms with Gasteiger partial charge in [-0.2, -0.15) is 0 Å². The lowest BCUT2D eigenvalue weighted by atomic mass is 10.2. The van der Waals surface area contributed by atoms with E-state index in [2.05, 4.69) is 10.0 Å². The Kier molecular flexibility index (Phi) is 4.88. The molecule has 2 aromatic rings. The van der Waals surface area contributed by atoms with E-state index in [9.17, 15) is 18.0 Å². The smallest absolute Gasteiger partial charge is 0.324 e. The number of amides is 3. The van der Waals surface area contributed by atoms with Crippen LogP contribution in [0.25, 0.3) is 0 Å². The van der Waals surface area contributed by atoms with Gasteiger partial charge in [0.05, 0.1) is 18.0 Å². The maximum Gasteiger partial charge on any atom is 0.324 e. The Bertz CT molecular complexity index is 975. The molecule has 0 radical (unpaired) electrons. The molecule has 1 aliphatic heterocycles. The zero-order chi connectivity index (χ0) is 18.9. The minimum atomic E-state index is -3.83. The average molecular weight is 394 g/mol. The van der Waals surface area contributed by atoms with Crippen molar-refractivity contribution in [2.45, 2.75) is 18.4 Å². The first-order valence-electron chi connectivity index (χ1n) is 7.73. The zero-order valence-electron chi connectivity index (χ0n) is 13.8. The first kappa shape index (κ1) is 18.2. The lowest BCUT2D eigenvalue weighted by Gasteiger charge is -2.14. The fourth-order valence-corrected chi connectivity index (χ4v) is 4.17. The number of benzene rings is 2. The predicted molar refractivity (Wildman–Crippen MR) is 97.4 cm³/mol. The van der Waals surface area contributed by atoms with Crippen LogP contribution in [0.2, 0.25) is 5.02 Å². The van der Waals surface area contributed by atoms with Gasteiger partial charge in [0.2, 0.25) is 5.91 Å². The van der Waals surface area contributed by atoms with Crippen molar-refractivity contribution in [1.82, 2.24) is 10.2 Å². The van der Waals surface area contributed by atoms with Crippen molar-refractivity contribution in [3.05, 3.63) is 58.6 Å². The van der Waals surface area contributed by atoms with Gasteiger partial charge in [0, 0.05) is 10.7 Å². The quantitative estimate of drug-likeness (QED) is 0.763. The number of carbonyl (C=O) groups excluding carboxylic acids is 2. The van der Waals surface area contributed by atoms with Gasteiger partial charge in [-0.05, 0) is 42.3 Å². The minimum Gasteiger partial charge on any atom is -0.329 e. The van der Waals surface area contributed by atoms with Crippen molar-refractivity contribution in [2.24, 2.45) is 0 Å². The zero-order valence-corrected chi connectivity index (χ0v) is 15.4. The first-order valence-corrected chi connectivity index (χ1v) is 9.59. The number of urea groups is 1. The largest absolute Gasteiger partial charge is 0.329 e. The Balaban J connectivity index is 1.83. The van der Waals surface area contributed by atoms with Crippen LogP contribution >= 0.6 is 11.6 Å². The molecule has 3 amide bonds. The normalized spacial score (nSPS) is 14.5. The molecule has 1 fully saturated rings. The Hall–Kier alpha value is -2.58. The van der Waals surface area contributed by atoms with E-state index >= 15 is 0 Å². The first-order chi connectivity index (χ1) is 12.3. The molecule has 2 aromatic carbocycles. The van der Waals surface area contributed by atoms with E-state index in [1.165, 1.54) is 6.07 Å². The third kappa shape index (κ3) is 3.66. The molecule has 0 unspecified atom stereocenters. The van der Waals surface area contributed by atoms with Crippen LogP contribution in [0.4, 0.5) is 10.5 Å². The molecule has 0 aliphatic carbocycles. The highest BCUT2D eigenvalue weighted by Gasteiger charge is 2.28. The highest BCUT2D eigenvalue weighted by Crippen LogP contribution is 2.25. The van der Waals surface area contributed by atoms with Crippen LogP contribution < -0.4 is 10.0 Å². The lowest BCUT2D eigenvalue weighted by molar-refractivity contribution is -0.125. The van der Waals surface area contributed by atoms with Crippen LogP contribution in [0, 0.1) is 6.92 Å². The second kappa shape index (κ2) is 6.97. The molecule has 26 heavy (non-hydrogen) atoms. The summed E-state index contributed by atoms with van der Waals surface area (Å²) in [6.07, 6.45) is 0. The SMILES string of the molecule is Cc1c(Cl)cccc1S(=O)(=O)Nc1cccc(CN2C(=O)CNC2=O)c1. The number of imide groups is 1. The Morgan fingerprint density at radius 3 is 2.62 bits per heavy atom. The van der Waals surface area contributed by atoms with Crippen molar-refractivity contribution in [2.75, 3.05) is 11.3 Å². The van der Waals surface area contributed by atoms with Crippen molar-refractivity contribution in [3.8, 4) is 0 Å². The molecule has 2 N–H and O–H groups in total. The van der Waals surface area contributed by atoms with E-state index in [1.807, 2.05) is 0 Å². The van der Waals surface area contributed by atoms with Crippen LogP contribution in [0.5, 0.6) is 0 Å².